The molecule has 0 amide bonds. The molecule has 0 bridgehead atoms. The van der Waals surface area contributed by atoms with Crippen LogP contribution in [0.3, 0.4) is 0 Å². The van der Waals surface area contributed by atoms with Crippen LogP contribution in [0.2, 0.25) is 5.02 Å². The van der Waals surface area contributed by atoms with Gasteiger partial charge in [-0.2, -0.15) is 5.26 Å². The molecule has 25 heavy (non-hydrogen) atoms. The lowest BCUT2D eigenvalue weighted by molar-refractivity contribution is -0.138. The van der Waals surface area contributed by atoms with E-state index in [1.54, 1.807) is 30.5 Å². The van der Waals surface area contributed by atoms with Crippen molar-refractivity contribution in [1.29, 1.82) is 5.26 Å². The van der Waals surface area contributed by atoms with Crippen molar-refractivity contribution in [3.63, 3.8) is 0 Å². The molecule has 0 aliphatic heterocycles. The SMILES string of the molecule is N#Cc1ccc(-c2ccc(CC(N)C(=O)O)c3cccnc23)c(Cl)c1. The van der Waals surface area contributed by atoms with Crippen LogP contribution in [-0.2, 0) is 11.2 Å². The number of nitriles is 1. The number of aromatic nitrogens is 1. The topological polar surface area (TPSA) is 100 Å². The van der Waals surface area contributed by atoms with Crippen LogP contribution in [0.15, 0.2) is 48.7 Å². The van der Waals surface area contributed by atoms with Gasteiger partial charge in [0, 0.05) is 27.7 Å². The fourth-order valence-corrected chi connectivity index (χ4v) is 3.04. The van der Waals surface area contributed by atoms with Gasteiger partial charge < -0.3 is 10.8 Å². The van der Waals surface area contributed by atoms with E-state index in [-0.39, 0.29) is 6.42 Å². The zero-order valence-electron chi connectivity index (χ0n) is 13.1. The van der Waals surface area contributed by atoms with Crippen molar-refractivity contribution in [2.24, 2.45) is 5.73 Å². The van der Waals surface area contributed by atoms with E-state index in [4.69, 9.17) is 27.7 Å². The van der Waals surface area contributed by atoms with Gasteiger partial charge in [0.05, 0.1) is 17.1 Å². The number of carboxylic acids is 1. The molecule has 124 valence electrons. The predicted molar refractivity (Wildman–Crippen MR) is 96.2 cm³/mol. The van der Waals surface area contributed by atoms with Crippen LogP contribution in [-0.4, -0.2) is 22.1 Å². The number of carboxylic acid groups (broad SMARTS) is 1. The summed E-state index contributed by atoms with van der Waals surface area (Å²) >= 11 is 6.33. The summed E-state index contributed by atoms with van der Waals surface area (Å²) in [5.41, 5.74) is 9.26. The number of benzene rings is 2. The number of hydrogen-bond donors (Lipinski definition) is 2. The summed E-state index contributed by atoms with van der Waals surface area (Å²) in [5, 5.41) is 19.3. The summed E-state index contributed by atoms with van der Waals surface area (Å²) in [7, 11) is 0. The van der Waals surface area contributed by atoms with E-state index in [0.717, 1.165) is 22.1 Å². The molecule has 0 radical (unpaired) electrons. The highest BCUT2D eigenvalue weighted by Gasteiger charge is 2.16. The zero-order valence-corrected chi connectivity index (χ0v) is 13.9. The first-order chi connectivity index (χ1) is 12.0. The summed E-state index contributed by atoms with van der Waals surface area (Å²) in [6.45, 7) is 0. The minimum absolute atomic E-state index is 0.207. The smallest absolute Gasteiger partial charge is 0.320 e. The number of nitrogens with zero attached hydrogens (tertiary/aromatic N) is 2. The van der Waals surface area contributed by atoms with Crippen molar-refractivity contribution >= 4 is 28.5 Å². The molecule has 0 aliphatic carbocycles. The van der Waals surface area contributed by atoms with Gasteiger partial charge in [0.15, 0.2) is 0 Å². The van der Waals surface area contributed by atoms with Crippen LogP contribution < -0.4 is 5.73 Å². The number of pyridine rings is 1. The first-order valence-corrected chi connectivity index (χ1v) is 7.94. The van der Waals surface area contributed by atoms with Gasteiger partial charge in [0.1, 0.15) is 6.04 Å². The van der Waals surface area contributed by atoms with Crippen molar-refractivity contribution in [2.45, 2.75) is 12.5 Å². The van der Waals surface area contributed by atoms with Crippen LogP contribution in [0.25, 0.3) is 22.0 Å². The summed E-state index contributed by atoms with van der Waals surface area (Å²) < 4.78 is 0. The Bertz CT molecular complexity index is 1010. The van der Waals surface area contributed by atoms with E-state index in [1.165, 1.54) is 0 Å². The largest absolute Gasteiger partial charge is 0.480 e. The third-order valence-corrected chi connectivity index (χ3v) is 4.32. The Morgan fingerprint density at radius 3 is 2.72 bits per heavy atom. The molecule has 1 unspecified atom stereocenters. The molecule has 3 aromatic rings. The molecule has 3 rings (SSSR count). The quantitative estimate of drug-likeness (QED) is 0.750. The van der Waals surface area contributed by atoms with Crippen molar-refractivity contribution in [3.05, 3.63) is 64.8 Å². The standard InChI is InChI=1S/C19H14ClN3O2/c20-16-8-11(10-21)3-5-14(16)15-6-4-12(9-17(22)19(24)25)13-2-1-7-23-18(13)15/h1-8,17H,9,22H2,(H,24,25). The van der Waals surface area contributed by atoms with Gasteiger partial charge in [0.25, 0.3) is 0 Å². The Morgan fingerprint density at radius 2 is 2.04 bits per heavy atom. The molecule has 0 spiro atoms. The number of aliphatic carboxylic acids is 1. The van der Waals surface area contributed by atoms with E-state index in [2.05, 4.69) is 11.1 Å². The van der Waals surface area contributed by atoms with E-state index in [0.29, 0.717) is 16.1 Å². The van der Waals surface area contributed by atoms with Crippen LogP contribution in [0.5, 0.6) is 0 Å². The summed E-state index contributed by atoms with van der Waals surface area (Å²) in [6.07, 6.45) is 1.88. The van der Waals surface area contributed by atoms with Gasteiger partial charge in [-0.1, -0.05) is 35.9 Å². The molecule has 0 saturated carbocycles. The Morgan fingerprint density at radius 1 is 1.28 bits per heavy atom. The second kappa shape index (κ2) is 6.89. The molecule has 1 heterocycles. The van der Waals surface area contributed by atoms with Gasteiger partial charge in [-0.15, -0.1) is 0 Å². The second-order valence-electron chi connectivity index (χ2n) is 5.63. The lowest BCUT2D eigenvalue weighted by Crippen LogP contribution is -2.32. The summed E-state index contributed by atoms with van der Waals surface area (Å²) in [5.74, 6) is -1.05. The molecule has 3 N–H and O–H groups in total. The minimum Gasteiger partial charge on any atom is -0.480 e. The van der Waals surface area contributed by atoms with Crippen LogP contribution in [0, 0.1) is 11.3 Å². The summed E-state index contributed by atoms with van der Waals surface area (Å²) in [4.78, 5) is 15.5. The number of fused-ring (bicyclic) bond motifs is 1. The summed E-state index contributed by atoms with van der Waals surface area (Å²) in [6, 6.07) is 13.5. The minimum atomic E-state index is -1.05. The molecular weight excluding hydrogens is 338 g/mol. The molecule has 0 saturated heterocycles. The van der Waals surface area contributed by atoms with Crippen molar-refractivity contribution in [3.8, 4) is 17.2 Å². The number of carbonyl (C=O) groups is 1. The maximum Gasteiger partial charge on any atom is 0.320 e. The van der Waals surface area contributed by atoms with E-state index in [1.807, 2.05) is 18.2 Å². The van der Waals surface area contributed by atoms with Gasteiger partial charge >= 0.3 is 5.97 Å². The van der Waals surface area contributed by atoms with E-state index >= 15 is 0 Å². The highest BCUT2D eigenvalue weighted by molar-refractivity contribution is 6.33. The molecule has 5 nitrogen and oxygen atoms in total. The fraction of sp³-hybridized carbons (Fsp3) is 0.105. The number of halogens is 1. The Kier molecular flexibility index (Phi) is 4.66. The monoisotopic (exact) mass is 351 g/mol. The molecule has 2 aromatic carbocycles. The maximum absolute atomic E-state index is 11.0. The lowest BCUT2D eigenvalue weighted by atomic mass is 9.95. The van der Waals surface area contributed by atoms with Crippen LogP contribution in [0.1, 0.15) is 11.1 Å². The molecular formula is C19H14ClN3O2. The molecule has 1 aromatic heterocycles. The molecule has 0 aliphatic rings. The van der Waals surface area contributed by atoms with E-state index < -0.39 is 12.0 Å². The van der Waals surface area contributed by atoms with Crippen LogP contribution in [0.4, 0.5) is 0 Å². The van der Waals surface area contributed by atoms with Gasteiger partial charge in [-0.25, -0.2) is 0 Å². The third kappa shape index (κ3) is 3.31. The molecule has 0 fully saturated rings. The molecule has 1 atom stereocenters. The first-order valence-electron chi connectivity index (χ1n) is 7.56. The zero-order chi connectivity index (χ0) is 18.0. The fourth-order valence-electron chi connectivity index (χ4n) is 2.75. The Labute approximate surface area is 149 Å². The normalized spacial score (nSPS) is 11.9. The maximum atomic E-state index is 11.0. The lowest BCUT2D eigenvalue weighted by Gasteiger charge is -2.13. The second-order valence-corrected chi connectivity index (χ2v) is 6.03. The third-order valence-electron chi connectivity index (χ3n) is 4.01. The Hall–Kier alpha value is -2.94. The average Bonchev–Trinajstić information content (AvgIpc) is 2.62. The van der Waals surface area contributed by atoms with Crippen LogP contribution >= 0.6 is 11.6 Å². The number of hydrogen-bond acceptors (Lipinski definition) is 4. The average molecular weight is 352 g/mol. The Balaban J connectivity index is 2.16. The van der Waals surface area contributed by atoms with E-state index in [9.17, 15) is 4.79 Å². The highest BCUT2D eigenvalue weighted by atomic mass is 35.5. The van der Waals surface area contributed by atoms with Crippen molar-refractivity contribution in [2.75, 3.05) is 0 Å². The number of rotatable bonds is 4. The number of nitrogens with two attached hydrogens (primary N) is 1. The highest BCUT2D eigenvalue weighted by Crippen LogP contribution is 2.34. The predicted octanol–water partition coefficient (Wildman–Crippen LogP) is 3.38. The molecule has 6 heteroatoms. The van der Waals surface area contributed by atoms with Gasteiger partial charge in [0.2, 0.25) is 0 Å². The first kappa shape index (κ1) is 16.9. The van der Waals surface area contributed by atoms with Gasteiger partial charge in [-0.05, 0) is 30.2 Å². The van der Waals surface area contributed by atoms with Crippen molar-refractivity contribution in [1.82, 2.24) is 4.98 Å². The van der Waals surface area contributed by atoms with Crippen molar-refractivity contribution < 1.29 is 9.90 Å². The van der Waals surface area contributed by atoms with Gasteiger partial charge in [-0.3, -0.25) is 9.78 Å².